The fourth-order valence-corrected chi connectivity index (χ4v) is 4.66. The average Bonchev–Trinajstić information content (AvgIpc) is 3.27. The number of carboxylic acids is 1. The van der Waals surface area contributed by atoms with E-state index in [9.17, 15) is 9.59 Å². The third-order valence-corrected chi connectivity index (χ3v) is 6.51. The van der Waals surface area contributed by atoms with E-state index in [2.05, 4.69) is 21.9 Å². The number of fused-ring (bicyclic) bond motifs is 1. The molecule has 2 N–H and O–H groups in total. The lowest BCUT2D eigenvalue weighted by Gasteiger charge is -2.29. The molecule has 0 radical (unpaired) electrons. The number of carbonyl (C=O) groups excluding carboxylic acids is 1. The van der Waals surface area contributed by atoms with Gasteiger partial charge in [0.15, 0.2) is 0 Å². The molecule has 1 amide bonds. The van der Waals surface area contributed by atoms with Gasteiger partial charge in [0.05, 0.1) is 23.8 Å². The van der Waals surface area contributed by atoms with Crippen molar-refractivity contribution in [3.8, 4) is 0 Å². The number of anilines is 1. The normalized spacial score (nSPS) is 17.5. The van der Waals surface area contributed by atoms with Crippen molar-refractivity contribution >= 4 is 17.7 Å². The molecule has 1 fully saturated rings. The lowest BCUT2D eigenvalue weighted by molar-refractivity contribution is 0.0696. The van der Waals surface area contributed by atoms with Crippen LogP contribution >= 0.6 is 0 Å². The van der Waals surface area contributed by atoms with Crippen molar-refractivity contribution in [3.63, 3.8) is 0 Å². The van der Waals surface area contributed by atoms with E-state index < -0.39 is 5.97 Å². The highest BCUT2D eigenvalue weighted by Gasteiger charge is 2.32. The van der Waals surface area contributed by atoms with Crippen LogP contribution in [0.2, 0.25) is 0 Å². The molecule has 164 valence electrons. The van der Waals surface area contributed by atoms with E-state index in [4.69, 9.17) is 5.11 Å². The quantitative estimate of drug-likeness (QED) is 0.689. The van der Waals surface area contributed by atoms with Gasteiger partial charge in [0.1, 0.15) is 11.4 Å². The SMILES string of the molecule is C=C1CCC(CN2CCn3nc(C)c(C(=O)N[C@@H](C)c4ccc(C(=O)O)cc4)c32)CC1. The molecule has 0 saturated heterocycles. The van der Waals surface area contributed by atoms with Crippen molar-refractivity contribution in [2.24, 2.45) is 5.92 Å². The predicted molar refractivity (Wildman–Crippen MR) is 120 cm³/mol. The molecule has 1 aliphatic heterocycles. The Morgan fingerprint density at radius 1 is 1.23 bits per heavy atom. The third-order valence-electron chi connectivity index (χ3n) is 6.51. The Morgan fingerprint density at radius 2 is 1.90 bits per heavy atom. The first kappa shape index (κ1) is 21.2. The molecule has 1 saturated carbocycles. The Morgan fingerprint density at radius 3 is 2.55 bits per heavy atom. The first-order valence-corrected chi connectivity index (χ1v) is 11.0. The van der Waals surface area contributed by atoms with Gasteiger partial charge >= 0.3 is 5.97 Å². The predicted octanol–water partition coefficient (Wildman–Crippen LogP) is 3.95. The van der Waals surface area contributed by atoms with Crippen molar-refractivity contribution in [2.75, 3.05) is 18.0 Å². The van der Waals surface area contributed by atoms with E-state index in [0.29, 0.717) is 11.5 Å². The molecular weight excluding hydrogens is 392 g/mol. The topological polar surface area (TPSA) is 87.5 Å². The third kappa shape index (κ3) is 4.36. The summed E-state index contributed by atoms with van der Waals surface area (Å²) in [6.07, 6.45) is 4.52. The number of allylic oxidation sites excluding steroid dienone is 1. The first-order valence-electron chi connectivity index (χ1n) is 11.0. The zero-order valence-electron chi connectivity index (χ0n) is 18.2. The fraction of sp³-hybridized carbons (Fsp3) is 0.458. The van der Waals surface area contributed by atoms with Gasteiger partial charge in [-0.2, -0.15) is 5.10 Å². The van der Waals surface area contributed by atoms with E-state index in [0.717, 1.165) is 62.4 Å². The maximum atomic E-state index is 13.2. The number of aromatic carboxylic acids is 1. The van der Waals surface area contributed by atoms with Crippen molar-refractivity contribution < 1.29 is 14.7 Å². The largest absolute Gasteiger partial charge is 0.478 e. The van der Waals surface area contributed by atoms with E-state index in [-0.39, 0.29) is 17.5 Å². The summed E-state index contributed by atoms with van der Waals surface area (Å²) in [7, 11) is 0. The molecule has 0 spiro atoms. The molecule has 7 nitrogen and oxygen atoms in total. The lowest BCUT2D eigenvalue weighted by atomic mass is 9.86. The Hall–Kier alpha value is -3.09. The van der Waals surface area contributed by atoms with Crippen LogP contribution in [0.3, 0.4) is 0 Å². The molecule has 0 bridgehead atoms. The number of amides is 1. The van der Waals surface area contributed by atoms with E-state index in [1.54, 1.807) is 24.3 Å². The second-order valence-corrected chi connectivity index (χ2v) is 8.77. The summed E-state index contributed by atoms with van der Waals surface area (Å²) in [5, 5.41) is 16.8. The van der Waals surface area contributed by atoms with Crippen LogP contribution < -0.4 is 10.2 Å². The standard InChI is InChI=1S/C24H30N4O3/c1-15-4-6-18(7-5-15)14-27-12-13-28-23(27)21(17(3)26-28)22(29)25-16(2)19-8-10-20(11-9-19)24(30)31/h8-11,16,18H,1,4-7,12-14H2,2-3H3,(H,25,29)(H,30,31)/t16-/m0/s1. The Bertz CT molecular complexity index is 999. The van der Waals surface area contributed by atoms with Crippen LogP contribution in [-0.4, -0.2) is 39.9 Å². The zero-order valence-corrected chi connectivity index (χ0v) is 18.2. The van der Waals surface area contributed by atoms with Crippen LogP contribution in [0, 0.1) is 12.8 Å². The van der Waals surface area contributed by atoms with Gasteiger partial charge in [0.2, 0.25) is 0 Å². The minimum absolute atomic E-state index is 0.141. The molecule has 1 aliphatic carbocycles. The Labute approximate surface area is 182 Å². The maximum absolute atomic E-state index is 13.2. The summed E-state index contributed by atoms with van der Waals surface area (Å²) in [5.74, 6) is 0.442. The number of hydrogen-bond acceptors (Lipinski definition) is 4. The Kier molecular flexibility index (Phi) is 5.85. The van der Waals surface area contributed by atoms with Crippen molar-refractivity contribution in [1.29, 1.82) is 0 Å². The number of aryl methyl sites for hydroxylation is 1. The number of benzene rings is 1. The molecular formula is C24H30N4O3. The van der Waals surface area contributed by atoms with Crippen molar-refractivity contribution in [1.82, 2.24) is 15.1 Å². The summed E-state index contributed by atoms with van der Waals surface area (Å²) in [6, 6.07) is 6.36. The van der Waals surface area contributed by atoms with Crippen LogP contribution in [0.4, 0.5) is 5.82 Å². The summed E-state index contributed by atoms with van der Waals surface area (Å²) in [5.41, 5.74) is 3.83. The van der Waals surface area contributed by atoms with E-state index in [1.165, 1.54) is 5.57 Å². The van der Waals surface area contributed by atoms with Gasteiger partial charge in [-0.1, -0.05) is 24.3 Å². The van der Waals surface area contributed by atoms with E-state index in [1.807, 2.05) is 18.5 Å². The van der Waals surface area contributed by atoms with Gasteiger partial charge in [-0.25, -0.2) is 9.48 Å². The molecule has 1 aromatic heterocycles. The number of nitrogens with one attached hydrogen (secondary N) is 1. The minimum Gasteiger partial charge on any atom is -0.478 e. The molecule has 2 aliphatic rings. The smallest absolute Gasteiger partial charge is 0.335 e. The summed E-state index contributed by atoms with van der Waals surface area (Å²) in [6.45, 7) is 10.5. The number of hydrogen-bond donors (Lipinski definition) is 2. The van der Waals surface area contributed by atoms with Crippen LogP contribution in [0.5, 0.6) is 0 Å². The van der Waals surface area contributed by atoms with Crippen LogP contribution in [0.1, 0.15) is 70.6 Å². The summed E-state index contributed by atoms with van der Waals surface area (Å²) < 4.78 is 1.96. The molecule has 1 atom stereocenters. The zero-order chi connectivity index (χ0) is 22.1. The number of rotatable bonds is 6. The van der Waals surface area contributed by atoms with Gasteiger partial charge in [-0.15, -0.1) is 0 Å². The first-order chi connectivity index (χ1) is 14.8. The number of carboxylic acid groups (broad SMARTS) is 1. The van der Waals surface area contributed by atoms with Crippen LogP contribution in [-0.2, 0) is 6.54 Å². The second-order valence-electron chi connectivity index (χ2n) is 8.77. The molecule has 7 heteroatoms. The highest BCUT2D eigenvalue weighted by atomic mass is 16.4. The maximum Gasteiger partial charge on any atom is 0.335 e. The Balaban J connectivity index is 1.49. The number of nitrogens with zero attached hydrogens (tertiary/aromatic N) is 3. The van der Waals surface area contributed by atoms with E-state index >= 15 is 0 Å². The summed E-state index contributed by atoms with van der Waals surface area (Å²) >= 11 is 0. The van der Waals surface area contributed by atoms with Gasteiger partial charge in [0.25, 0.3) is 5.91 Å². The molecule has 2 aromatic rings. The highest BCUT2D eigenvalue weighted by Crippen LogP contribution is 2.33. The van der Waals surface area contributed by atoms with Crippen molar-refractivity contribution in [2.45, 2.75) is 52.1 Å². The number of carbonyl (C=O) groups is 2. The molecule has 31 heavy (non-hydrogen) atoms. The average molecular weight is 423 g/mol. The van der Waals surface area contributed by atoms with Crippen LogP contribution in [0.25, 0.3) is 0 Å². The van der Waals surface area contributed by atoms with Gasteiger partial charge in [-0.3, -0.25) is 4.79 Å². The van der Waals surface area contributed by atoms with Gasteiger partial charge < -0.3 is 15.3 Å². The molecule has 1 aromatic carbocycles. The fourth-order valence-electron chi connectivity index (χ4n) is 4.66. The highest BCUT2D eigenvalue weighted by molar-refractivity contribution is 6.00. The molecule has 4 rings (SSSR count). The van der Waals surface area contributed by atoms with Gasteiger partial charge in [0, 0.05) is 13.1 Å². The molecule has 0 unspecified atom stereocenters. The second kappa shape index (κ2) is 8.57. The van der Waals surface area contributed by atoms with Crippen molar-refractivity contribution in [3.05, 3.63) is 58.8 Å². The summed E-state index contributed by atoms with van der Waals surface area (Å²) in [4.78, 5) is 26.6. The monoisotopic (exact) mass is 422 g/mol. The van der Waals surface area contributed by atoms with Gasteiger partial charge in [-0.05, 0) is 63.1 Å². The van der Waals surface area contributed by atoms with Crippen LogP contribution in [0.15, 0.2) is 36.4 Å². The minimum atomic E-state index is -0.961. The number of aromatic nitrogens is 2. The molecule has 2 heterocycles. The lowest BCUT2D eigenvalue weighted by Crippen LogP contribution is -2.32.